The lowest BCUT2D eigenvalue weighted by atomic mass is 10.2. The first-order valence-corrected chi connectivity index (χ1v) is 6.07. The SMILES string of the molecule is O=C(NCCc1ccn[nH]1)c1cccc(Br)c1. The predicted molar refractivity (Wildman–Crippen MR) is 68.8 cm³/mol. The number of carbonyl (C=O) groups is 1. The van der Waals surface area contributed by atoms with Gasteiger partial charge < -0.3 is 5.32 Å². The third-order valence-electron chi connectivity index (χ3n) is 2.33. The number of aromatic amines is 1. The Labute approximate surface area is 108 Å². The van der Waals surface area contributed by atoms with Gasteiger partial charge in [0.05, 0.1) is 0 Å². The van der Waals surface area contributed by atoms with Crippen LogP contribution in [0.2, 0.25) is 0 Å². The number of aromatic nitrogens is 2. The minimum atomic E-state index is -0.0641. The molecule has 0 saturated heterocycles. The van der Waals surface area contributed by atoms with Gasteiger partial charge in [-0.25, -0.2) is 0 Å². The molecule has 0 aliphatic rings. The summed E-state index contributed by atoms with van der Waals surface area (Å²) in [6.45, 7) is 0.591. The molecule has 0 aliphatic carbocycles. The number of H-pyrrole nitrogens is 1. The summed E-state index contributed by atoms with van der Waals surface area (Å²) in [5.41, 5.74) is 1.67. The zero-order valence-corrected chi connectivity index (χ0v) is 10.7. The van der Waals surface area contributed by atoms with Crippen LogP contribution in [0.1, 0.15) is 16.1 Å². The monoisotopic (exact) mass is 293 g/mol. The summed E-state index contributed by atoms with van der Waals surface area (Å²) in [7, 11) is 0. The molecule has 2 rings (SSSR count). The fraction of sp³-hybridized carbons (Fsp3) is 0.167. The van der Waals surface area contributed by atoms with Gasteiger partial charge in [0, 0.05) is 34.9 Å². The molecular weight excluding hydrogens is 282 g/mol. The highest BCUT2D eigenvalue weighted by atomic mass is 79.9. The third-order valence-corrected chi connectivity index (χ3v) is 2.82. The molecule has 1 aromatic heterocycles. The van der Waals surface area contributed by atoms with Gasteiger partial charge in [0.25, 0.3) is 5.91 Å². The highest BCUT2D eigenvalue weighted by Crippen LogP contribution is 2.11. The molecule has 4 nitrogen and oxygen atoms in total. The maximum Gasteiger partial charge on any atom is 0.251 e. The van der Waals surface area contributed by atoms with E-state index >= 15 is 0 Å². The fourth-order valence-electron chi connectivity index (χ4n) is 1.47. The Morgan fingerprint density at radius 2 is 2.29 bits per heavy atom. The molecule has 5 heteroatoms. The highest BCUT2D eigenvalue weighted by molar-refractivity contribution is 9.10. The first kappa shape index (κ1) is 11.9. The van der Waals surface area contributed by atoms with Crippen molar-refractivity contribution in [3.63, 3.8) is 0 Å². The van der Waals surface area contributed by atoms with Crippen molar-refractivity contribution < 1.29 is 4.79 Å². The highest BCUT2D eigenvalue weighted by Gasteiger charge is 2.04. The van der Waals surface area contributed by atoms with Gasteiger partial charge in [-0.2, -0.15) is 5.10 Å². The third kappa shape index (κ3) is 3.42. The molecule has 0 radical (unpaired) electrons. The first-order chi connectivity index (χ1) is 8.25. The normalized spacial score (nSPS) is 10.2. The molecule has 0 fully saturated rings. The minimum absolute atomic E-state index is 0.0641. The van der Waals surface area contributed by atoms with Gasteiger partial charge in [0.15, 0.2) is 0 Å². The molecular formula is C12H12BrN3O. The number of nitrogens with zero attached hydrogens (tertiary/aromatic N) is 1. The van der Waals surface area contributed by atoms with Gasteiger partial charge in [-0.05, 0) is 24.3 Å². The van der Waals surface area contributed by atoms with Gasteiger partial charge in [0.2, 0.25) is 0 Å². The molecule has 1 heterocycles. The molecule has 17 heavy (non-hydrogen) atoms. The van der Waals surface area contributed by atoms with Crippen molar-refractivity contribution >= 4 is 21.8 Å². The van der Waals surface area contributed by atoms with E-state index in [1.54, 1.807) is 18.3 Å². The van der Waals surface area contributed by atoms with Gasteiger partial charge in [-0.15, -0.1) is 0 Å². The molecule has 0 aliphatic heterocycles. The summed E-state index contributed by atoms with van der Waals surface area (Å²) in [5.74, 6) is -0.0641. The second-order valence-electron chi connectivity index (χ2n) is 3.60. The lowest BCUT2D eigenvalue weighted by molar-refractivity contribution is 0.0954. The minimum Gasteiger partial charge on any atom is -0.352 e. The van der Waals surface area contributed by atoms with Crippen molar-refractivity contribution in [3.8, 4) is 0 Å². The van der Waals surface area contributed by atoms with E-state index in [-0.39, 0.29) is 5.91 Å². The Morgan fingerprint density at radius 3 is 3.00 bits per heavy atom. The topological polar surface area (TPSA) is 57.8 Å². The van der Waals surface area contributed by atoms with Gasteiger partial charge in [-0.1, -0.05) is 22.0 Å². The van der Waals surface area contributed by atoms with Crippen LogP contribution in [-0.2, 0) is 6.42 Å². The number of rotatable bonds is 4. The summed E-state index contributed by atoms with van der Waals surface area (Å²) in [4.78, 5) is 11.8. The van der Waals surface area contributed by atoms with E-state index in [4.69, 9.17) is 0 Å². The molecule has 88 valence electrons. The summed E-state index contributed by atoms with van der Waals surface area (Å²) in [5, 5.41) is 9.55. The standard InChI is InChI=1S/C12H12BrN3O/c13-10-3-1-2-9(8-10)12(17)14-6-4-11-5-7-15-16-11/h1-3,5,7-8H,4,6H2,(H,14,17)(H,15,16). The number of hydrogen-bond acceptors (Lipinski definition) is 2. The summed E-state index contributed by atoms with van der Waals surface area (Å²) < 4.78 is 0.902. The number of carbonyl (C=O) groups excluding carboxylic acids is 1. The molecule has 0 bridgehead atoms. The molecule has 2 N–H and O–H groups in total. The van der Waals surface area contributed by atoms with Crippen molar-refractivity contribution in [1.82, 2.24) is 15.5 Å². The average Bonchev–Trinajstić information content (AvgIpc) is 2.82. The molecule has 2 aromatic rings. The largest absolute Gasteiger partial charge is 0.352 e. The Bertz CT molecular complexity index is 496. The average molecular weight is 294 g/mol. The van der Waals surface area contributed by atoms with E-state index in [2.05, 4.69) is 31.4 Å². The molecule has 0 spiro atoms. The number of halogens is 1. The van der Waals surface area contributed by atoms with E-state index in [0.717, 1.165) is 16.6 Å². The number of benzene rings is 1. The van der Waals surface area contributed by atoms with Crippen LogP contribution in [0.25, 0.3) is 0 Å². The van der Waals surface area contributed by atoms with Crippen LogP contribution in [-0.4, -0.2) is 22.6 Å². The number of nitrogens with one attached hydrogen (secondary N) is 2. The number of amides is 1. The van der Waals surface area contributed by atoms with Crippen LogP contribution in [0.5, 0.6) is 0 Å². The van der Waals surface area contributed by atoms with E-state index in [1.807, 2.05) is 18.2 Å². The smallest absolute Gasteiger partial charge is 0.251 e. The first-order valence-electron chi connectivity index (χ1n) is 5.28. The maximum absolute atomic E-state index is 11.8. The zero-order chi connectivity index (χ0) is 12.1. The van der Waals surface area contributed by atoms with Crippen LogP contribution in [0.15, 0.2) is 41.0 Å². The van der Waals surface area contributed by atoms with Crippen molar-refractivity contribution in [2.75, 3.05) is 6.54 Å². The second-order valence-corrected chi connectivity index (χ2v) is 4.51. The Morgan fingerprint density at radius 1 is 1.41 bits per heavy atom. The van der Waals surface area contributed by atoms with Crippen molar-refractivity contribution in [2.24, 2.45) is 0 Å². The summed E-state index contributed by atoms with van der Waals surface area (Å²) >= 11 is 3.34. The molecule has 0 unspecified atom stereocenters. The van der Waals surface area contributed by atoms with Crippen LogP contribution in [0.4, 0.5) is 0 Å². The molecule has 0 atom stereocenters. The lowest BCUT2D eigenvalue weighted by Gasteiger charge is -2.04. The predicted octanol–water partition coefficient (Wildman–Crippen LogP) is 2.14. The lowest BCUT2D eigenvalue weighted by Crippen LogP contribution is -2.25. The maximum atomic E-state index is 11.8. The second kappa shape index (κ2) is 5.63. The quantitative estimate of drug-likeness (QED) is 0.907. The summed E-state index contributed by atoms with van der Waals surface area (Å²) in [6, 6.07) is 9.21. The van der Waals surface area contributed by atoms with E-state index in [1.165, 1.54) is 0 Å². The van der Waals surface area contributed by atoms with Crippen LogP contribution in [0, 0.1) is 0 Å². The van der Waals surface area contributed by atoms with Crippen molar-refractivity contribution in [2.45, 2.75) is 6.42 Å². The van der Waals surface area contributed by atoms with Crippen LogP contribution >= 0.6 is 15.9 Å². The Kier molecular flexibility index (Phi) is 3.93. The van der Waals surface area contributed by atoms with Crippen molar-refractivity contribution in [3.05, 3.63) is 52.3 Å². The fourth-order valence-corrected chi connectivity index (χ4v) is 1.87. The van der Waals surface area contributed by atoms with Crippen molar-refractivity contribution in [1.29, 1.82) is 0 Å². The number of hydrogen-bond donors (Lipinski definition) is 2. The van der Waals surface area contributed by atoms with Gasteiger partial charge in [0.1, 0.15) is 0 Å². The van der Waals surface area contributed by atoms with Gasteiger partial charge in [-0.3, -0.25) is 9.89 Å². The van der Waals surface area contributed by atoms with E-state index < -0.39 is 0 Å². The Balaban J connectivity index is 1.85. The van der Waals surface area contributed by atoms with E-state index in [0.29, 0.717) is 12.1 Å². The molecule has 1 aromatic carbocycles. The molecule has 0 saturated carbocycles. The summed E-state index contributed by atoms with van der Waals surface area (Å²) in [6.07, 6.45) is 2.45. The van der Waals surface area contributed by atoms with Crippen LogP contribution < -0.4 is 5.32 Å². The zero-order valence-electron chi connectivity index (χ0n) is 9.11. The van der Waals surface area contributed by atoms with Gasteiger partial charge >= 0.3 is 0 Å². The van der Waals surface area contributed by atoms with E-state index in [9.17, 15) is 4.79 Å². The Hall–Kier alpha value is -1.62. The molecule has 1 amide bonds. The van der Waals surface area contributed by atoms with Crippen LogP contribution in [0.3, 0.4) is 0 Å².